The molecule has 1 atom stereocenters. The molecule has 1 aromatic heterocycles. The molecule has 0 amide bonds. The summed E-state index contributed by atoms with van der Waals surface area (Å²) in [6, 6.07) is 6.91. The number of alkyl halides is 3. The van der Waals surface area contributed by atoms with Gasteiger partial charge in [0.15, 0.2) is 0 Å². The third-order valence-corrected chi connectivity index (χ3v) is 3.61. The zero-order chi connectivity index (χ0) is 15.6. The molecule has 0 saturated carbocycles. The van der Waals surface area contributed by atoms with Gasteiger partial charge in [-0.3, -0.25) is 4.98 Å². The van der Waals surface area contributed by atoms with Crippen molar-refractivity contribution >= 4 is 23.2 Å². The highest BCUT2D eigenvalue weighted by Crippen LogP contribution is 2.29. The highest BCUT2D eigenvalue weighted by atomic mass is 35.5. The highest BCUT2D eigenvalue weighted by molar-refractivity contribution is 6.42. The van der Waals surface area contributed by atoms with E-state index >= 15 is 0 Å². The molecule has 0 aliphatic heterocycles. The number of aromatic nitrogens is 1. The molecule has 0 radical (unpaired) electrons. The molecule has 1 aromatic carbocycles. The molecule has 0 fully saturated rings. The maximum atomic E-state index is 12.4. The van der Waals surface area contributed by atoms with Gasteiger partial charge in [0.05, 0.1) is 27.4 Å². The summed E-state index contributed by atoms with van der Waals surface area (Å²) in [5.41, 5.74) is 0.0145. The smallest absolute Gasteiger partial charge is 0.386 e. The van der Waals surface area contributed by atoms with Crippen LogP contribution < -0.4 is 0 Å². The number of benzene rings is 1. The first-order chi connectivity index (χ1) is 9.77. The number of hydrogen-bond acceptors (Lipinski definition) is 2. The summed E-state index contributed by atoms with van der Waals surface area (Å²) in [4.78, 5) is 3.65. The van der Waals surface area contributed by atoms with Crippen LogP contribution in [0.1, 0.15) is 22.9 Å². The Balaban J connectivity index is 2.13. The minimum atomic E-state index is -4.44. The molecule has 2 aromatic rings. The van der Waals surface area contributed by atoms with E-state index in [1.165, 1.54) is 0 Å². The Kier molecular flexibility index (Phi) is 4.76. The second kappa shape index (κ2) is 6.22. The number of aliphatic hydroxyl groups excluding tert-OH is 1. The monoisotopic (exact) mass is 335 g/mol. The van der Waals surface area contributed by atoms with E-state index in [0.717, 1.165) is 12.1 Å². The average molecular weight is 336 g/mol. The number of rotatable bonds is 3. The first kappa shape index (κ1) is 16.1. The van der Waals surface area contributed by atoms with Gasteiger partial charge in [0, 0.05) is 12.6 Å². The minimum absolute atomic E-state index is 0.161. The number of aliphatic hydroxyl groups is 1. The Morgan fingerprint density at radius 1 is 1.10 bits per heavy atom. The molecule has 1 N–H and O–H groups in total. The normalized spacial score (nSPS) is 13.2. The lowest BCUT2D eigenvalue weighted by atomic mass is 10.0. The number of halogens is 5. The van der Waals surface area contributed by atoms with Gasteiger partial charge in [-0.2, -0.15) is 13.2 Å². The van der Waals surface area contributed by atoms with Crippen LogP contribution in [0.3, 0.4) is 0 Å². The summed E-state index contributed by atoms with van der Waals surface area (Å²) in [6.45, 7) is 0. The quantitative estimate of drug-likeness (QED) is 0.883. The Labute approximate surface area is 129 Å². The van der Waals surface area contributed by atoms with Crippen molar-refractivity contribution in [3.05, 3.63) is 63.4 Å². The Morgan fingerprint density at radius 3 is 2.33 bits per heavy atom. The molecular weight excluding hydrogens is 326 g/mol. The van der Waals surface area contributed by atoms with Crippen LogP contribution in [-0.2, 0) is 12.6 Å². The summed E-state index contributed by atoms with van der Waals surface area (Å²) in [5, 5.41) is 10.7. The number of nitrogens with zero attached hydrogens (tertiary/aromatic N) is 1. The van der Waals surface area contributed by atoms with E-state index in [1.54, 1.807) is 18.2 Å². The molecule has 0 aliphatic rings. The average Bonchev–Trinajstić information content (AvgIpc) is 2.42. The summed E-state index contributed by atoms with van der Waals surface area (Å²) in [5.74, 6) is 0. The Hall–Kier alpha value is -1.30. The molecule has 0 saturated heterocycles. The van der Waals surface area contributed by atoms with E-state index in [2.05, 4.69) is 4.98 Å². The lowest BCUT2D eigenvalue weighted by molar-refractivity contribution is -0.137. The molecule has 1 unspecified atom stereocenters. The van der Waals surface area contributed by atoms with Gasteiger partial charge in [-0.1, -0.05) is 29.3 Å². The van der Waals surface area contributed by atoms with E-state index < -0.39 is 17.8 Å². The van der Waals surface area contributed by atoms with E-state index in [-0.39, 0.29) is 12.1 Å². The van der Waals surface area contributed by atoms with Gasteiger partial charge in [-0.25, -0.2) is 0 Å². The molecule has 7 heteroatoms. The first-order valence-corrected chi connectivity index (χ1v) is 6.68. The second-order valence-electron chi connectivity index (χ2n) is 4.44. The van der Waals surface area contributed by atoms with Crippen molar-refractivity contribution in [2.45, 2.75) is 18.7 Å². The van der Waals surface area contributed by atoms with Crippen LogP contribution in [0, 0.1) is 0 Å². The number of pyridine rings is 1. The SMILES string of the molecule is OC(Cc1ccc(Cl)c(Cl)c1)c1ccc(C(F)(F)F)cn1. The summed E-state index contributed by atoms with van der Waals surface area (Å²) in [7, 11) is 0. The van der Waals surface area contributed by atoms with Crippen LogP contribution in [0.2, 0.25) is 10.0 Å². The fourth-order valence-electron chi connectivity index (χ4n) is 1.76. The highest BCUT2D eigenvalue weighted by Gasteiger charge is 2.30. The standard InChI is InChI=1S/C14H10Cl2F3NO/c15-10-3-1-8(5-11(10)16)6-13(21)12-4-2-9(7-20-12)14(17,18)19/h1-5,7,13,21H,6H2. The summed E-state index contributed by atoms with van der Waals surface area (Å²) in [6.07, 6.45) is -4.59. The van der Waals surface area contributed by atoms with Gasteiger partial charge in [-0.05, 0) is 29.8 Å². The van der Waals surface area contributed by atoms with Crippen molar-refractivity contribution in [2.75, 3.05) is 0 Å². The molecule has 0 bridgehead atoms. The Bertz CT molecular complexity index is 629. The zero-order valence-electron chi connectivity index (χ0n) is 10.5. The van der Waals surface area contributed by atoms with Gasteiger partial charge >= 0.3 is 6.18 Å². The largest absolute Gasteiger partial charge is 0.417 e. The predicted octanol–water partition coefficient (Wildman–Crippen LogP) is 4.68. The van der Waals surface area contributed by atoms with Crippen LogP contribution in [0.25, 0.3) is 0 Å². The van der Waals surface area contributed by atoms with Crippen LogP contribution in [-0.4, -0.2) is 10.1 Å². The van der Waals surface area contributed by atoms with Crippen molar-refractivity contribution in [1.82, 2.24) is 4.98 Å². The van der Waals surface area contributed by atoms with Gasteiger partial charge in [0.2, 0.25) is 0 Å². The molecule has 2 nitrogen and oxygen atoms in total. The maximum Gasteiger partial charge on any atom is 0.417 e. The predicted molar refractivity (Wildman–Crippen MR) is 74.4 cm³/mol. The number of hydrogen-bond donors (Lipinski definition) is 1. The third kappa shape index (κ3) is 4.09. The van der Waals surface area contributed by atoms with Crippen molar-refractivity contribution in [3.63, 3.8) is 0 Å². The molecule has 1 heterocycles. The molecule has 2 rings (SSSR count). The maximum absolute atomic E-state index is 12.4. The lowest BCUT2D eigenvalue weighted by Crippen LogP contribution is -2.08. The minimum Gasteiger partial charge on any atom is -0.386 e. The van der Waals surface area contributed by atoms with Crippen LogP contribution in [0.4, 0.5) is 13.2 Å². The second-order valence-corrected chi connectivity index (χ2v) is 5.25. The van der Waals surface area contributed by atoms with Crippen molar-refractivity contribution in [3.8, 4) is 0 Å². The molecule has 0 aliphatic carbocycles. The topological polar surface area (TPSA) is 33.1 Å². The van der Waals surface area contributed by atoms with Crippen LogP contribution in [0.5, 0.6) is 0 Å². The lowest BCUT2D eigenvalue weighted by Gasteiger charge is -2.12. The first-order valence-electron chi connectivity index (χ1n) is 5.92. The van der Waals surface area contributed by atoms with E-state index in [4.69, 9.17) is 23.2 Å². The molecular formula is C14H10Cl2F3NO. The fraction of sp³-hybridized carbons (Fsp3) is 0.214. The van der Waals surface area contributed by atoms with E-state index in [0.29, 0.717) is 21.8 Å². The zero-order valence-corrected chi connectivity index (χ0v) is 12.0. The fourth-order valence-corrected chi connectivity index (χ4v) is 2.09. The van der Waals surface area contributed by atoms with Gasteiger partial charge < -0.3 is 5.11 Å². The van der Waals surface area contributed by atoms with Gasteiger partial charge in [-0.15, -0.1) is 0 Å². The summed E-state index contributed by atoms with van der Waals surface area (Å²) < 4.78 is 37.3. The van der Waals surface area contributed by atoms with Crippen molar-refractivity contribution in [2.24, 2.45) is 0 Å². The van der Waals surface area contributed by atoms with Gasteiger partial charge in [0.25, 0.3) is 0 Å². The summed E-state index contributed by atoms with van der Waals surface area (Å²) >= 11 is 11.6. The third-order valence-electron chi connectivity index (χ3n) is 2.87. The Morgan fingerprint density at radius 2 is 1.81 bits per heavy atom. The van der Waals surface area contributed by atoms with Crippen LogP contribution in [0.15, 0.2) is 36.5 Å². The van der Waals surface area contributed by atoms with E-state index in [9.17, 15) is 18.3 Å². The molecule has 0 spiro atoms. The van der Waals surface area contributed by atoms with Crippen molar-refractivity contribution < 1.29 is 18.3 Å². The molecule has 112 valence electrons. The van der Waals surface area contributed by atoms with Gasteiger partial charge in [0.1, 0.15) is 0 Å². The van der Waals surface area contributed by atoms with Crippen molar-refractivity contribution in [1.29, 1.82) is 0 Å². The molecule has 21 heavy (non-hydrogen) atoms. The van der Waals surface area contributed by atoms with E-state index in [1.807, 2.05) is 0 Å². The van der Waals surface area contributed by atoms with Crippen LogP contribution >= 0.6 is 23.2 Å².